The van der Waals surface area contributed by atoms with Gasteiger partial charge in [0.25, 0.3) is 5.91 Å². The molecular weight excluding hydrogens is 374 g/mol. The number of guanidine groups is 1. The van der Waals surface area contributed by atoms with Crippen molar-refractivity contribution in [3.05, 3.63) is 64.7 Å². The lowest BCUT2D eigenvalue weighted by Crippen LogP contribution is -2.52. The first-order valence-electron chi connectivity index (χ1n) is 11.0. The van der Waals surface area contributed by atoms with E-state index in [9.17, 15) is 4.79 Å². The van der Waals surface area contributed by atoms with Crippen LogP contribution in [0.3, 0.4) is 0 Å². The first kappa shape index (κ1) is 18.0. The molecule has 1 fully saturated rings. The lowest BCUT2D eigenvalue weighted by molar-refractivity contribution is -0.134. The zero-order chi connectivity index (χ0) is 20.5. The third kappa shape index (κ3) is 2.54. The normalized spacial score (nSPS) is 30.0. The Kier molecular flexibility index (Phi) is 3.66. The van der Waals surface area contributed by atoms with Crippen molar-refractivity contribution < 1.29 is 9.53 Å². The number of ether oxygens (including phenoxy) is 1. The highest BCUT2D eigenvalue weighted by Crippen LogP contribution is 2.53. The fourth-order valence-corrected chi connectivity index (χ4v) is 5.70. The summed E-state index contributed by atoms with van der Waals surface area (Å²) >= 11 is 0. The minimum absolute atomic E-state index is 0.0330. The molecule has 5 nitrogen and oxygen atoms in total. The van der Waals surface area contributed by atoms with Gasteiger partial charge in [0.05, 0.1) is 0 Å². The minimum atomic E-state index is -0.976. The number of rotatable bonds is 1. The maximum absolute atomic E-state index is 13.6. The van der Waals surface area contributed by atoms with Gasteiger partial charge in [-0.15, -0.1) is 0 Å². The molecule has 2 unspecified atom stereocenters. The van der Waals surface area contributed by atoms with Gasteiger partial charge < -0.3 is 10.5 Å². The van der Waals surface area contributed by atoms with Crippen LogP contribution in [0.4, 0.5) is 0 Å². The fraction of sp³-hybridized carbons (Fsp3) is 0.440. The van der Waals surface area contributed by atoms with Gasteiger partial charge in [-0.1, -0.05) is 30.3 Å². The van der Waals surface area contributed by atoms with Crippen molar-refractivity contribution in [2.45, 2.75) is 62.0 Å². The lowest BCUT2D eigenvalue weighted by atomic mass is 9.72. The van der Waals surface area contributed by atoms with Crippen LogP contribution in [0.1, 0.15) is 60.3 Å². The third-order valence-electron chi connectivity index (χ3n) is 7.42. The second-order valence-electron chi connectivity index (χ2n) is 9.49. The summed E-state index contributed by atoms with van der Waals surface area (Å²) in [5.74, 6) is 1.66. The van der Waals surface area contributed by atoms with Crippen LogP contribution >= 0.6 is 0 Å². The monoisotopic (exact) mass is 401 g/mol. The summed E-state index contributed by atoms with van der Waals surface area (Å²) in [6, 6.07) is 15.0. The summed E-state index contributed by atoms with van der Waals surface area (Å²) in [6.07, 6.45) is 6.74. The quantitative estimate of drug-likeness (QED) is 0.793. The Bertz CT molecular complexity index is 1090. The zero-order valence-electron chi connectivity index (χ0n) is 17.4. The summed E-state index contributed by atoms with van der Waals surface area (Å²) in [5.41, 5.74) is 9.64. The maximum Gasteiger partial charge on any atom is 0.261 e. The average molecular weight is 402 g/mol. The van der Waals surface area contributed by atoms with Crippen LogP contribution in [-0.2, 0) is 23.2 Å². The lowest BCUT2D eigenvalue weighted by Gasteiger charge is -2.45. The molecule has 2 aliphatic carbocycles. The van der Waals surface area contributed by atoms with Crippen LogP contribution in [0.15, 0.2) is 47.5 Å². The molecule has 2 aromatic rings. The van der Waals surface area contributed by atoms with Crippen molar-refractivity contribution in [2.24, 2.45) is 10.7 Å². The second kappa shape index (κ2) is 6.10. The summed E-state index contributed by atoms with van der Waals surface area (Å²) in [7, 11) is 1.73. The average Bonchev–Trinajstić information content (AvgIpc) is 3.57. The first-order chi connectivity index (χ1) is 14.5. The number of likely N-dealkylation sites (N-methyl/N-ethyl adjacent to an activating group) is 1. The predicted molar refractivity (Wildman–Crippen MR) is 116 cm³/mol. The highest BCUT2D eigenvalue weighted by Gasteiger charge is 2.58. The number of benzene rings is 2. The van der Waals surface area contributed by atoms with Gasteiger partial charge in [0.2, 0.25) is 0 Å². The van der Waals surface area contributed by atoms with Crippen LogP contribution < -0.4 is 10.5 Å². The van der Waals surface area contributed by atoms with Crippen molar-refractivity contribution >= 4 is 11.9 Å². The van der Waals surface area contributed by atoms with E-state index < -0.39 is 11.1 Å². The number of carbonyl (C=O) groups is 1. The Morgan fingerprint density at radius 2 is 1.97 bits per heavy atom. The van der Waals surface area contributed by atoms with E-state index in [-0.39, 0.29) is 5.91 Å². The van der Waals surface area contributed by atoms with Crippen molar-refractivity contribution in [3.8, 4) is 5.75 Å². The molecule has 5 heteroatoms. The number of nitrogens with zero attached hydrogens (tertiary/aromatic N) is 2. The maximum atomic E-state index is 13.6. The molecule has 154 valence electrons. The number of aryl methyl sites for hydroxylation is 1. The Balaban J connectivity index is 1.51. The summed E-state index contributed by atoms with van der Waals surface area (Å²) in [4.78, 5) is 19.9. The molecule has 2 N–H and O–H groups in total. The van der Waals surface area contributed by atoms with Gasteiger partial charge >= 0.3 is 0 Å². The smallest absolute Gasteiger partial charge is 0.261 e. The number of aliphatic imine (C=N–C) groups is 1. The van der Waals surface area contributed by atoms with E-state index in [2.05, 4.69) is 42.5 Å². The largest absolute Gasteiger partial charge is 0.486 e. The van der Waals surface area contributed by atoms with Crippen LogP contribution in [0, 0.1) is 0 Å². The molecule has 0 radical (unpaired) electrons. The van der Waals surface area contributed by atoms with Gasteiger partial charge in [0.1, 0.15) is 11.4 Å². The Labute approximate surface area is 176 Å². The molecule has 1 amide bonds. The zero-order valence-corrected chi connectivity index (χ0v) is 17.4. The van der Waals surface area contributed by atoms with Crippen molar-refractivity contribution in [1.29, 1.82) is 0 Å². The topological polar surface area (TPSA) is 67.9 Å². The molecule has 2 atom stereocenters. The van der Waals surface area contributed by atoms with Gasteiger partial charge in [0.15, 0.2) is 11.5 Å². The Morgan fingerprint density at radius 1 is 1.17 bits per heavy atom. The first-order valence-corrected chi connectivity index (χ1v) is 11.0. The highest BCUT2D eigenvalue weighted by molar-refractivity contribution is 6.07. The van der Waals surface area contributed by atoms with Gasteiger partial charge in [0, 0.05) is 25.5 Å². The molecule has 2 heterocycles. The molecule has 2 aromatic carbocycles. The van der Waals surface area contributed by atoms with E-state index in [4.69, 9.17) is 15.5 Å². The van der Waals surface area contributed by atoms with E-state index in [1.54, 1.807) is 7.05 Å². The van der Waals surface area contributed by atoms with E-state index in [1.165, 1.54) is 34.4 Å². The van der Waals surface area contributed by atoms with Crippen LogP contribution in [0.2, 0.25) is 0 Å². The van der Waals surface area contributed by atoms with E-state index in [0.29, 0.717) is 18.3 Å². The van der Waals surface area contributed by atoms with Gasteiger partial charge in [-0.05, 0) is 66.8 Å². The Morgan fingerprint density at radius 3 is 2.70 bits per heavy atom. The molecule has 0 aromatic heterocycles. The molecule has 30 heavy (non-hydrogen) atoms. The number of hydrogen-bond acceptors (Lipinski definition) is 4. The van der Waals surface area contributed by atoms with Gasteiger partial charge in [-0.3, -0.25) is 9.69 Å². The standard InChI is InChI=1S/C25H27N3O2/c1-28-22(29)25(27-23(28)26)15-24(12-4-7-16-5-2-3-6-19(16)14-24)30-21-11-10-18(13-20(21)25)17-8-9-17/h2-3,5-6,10-11,13,17H,4,7-9,12,14-15H2,1H3,(H2,26,27). The van der Waals surface area contributed by atoms with Crippen LogP contribution in [-0.4, -0.2) is 29.4 Å². The van der Waals surface area contributed by atoms with Crippen LogP contribution in [0.25, 0.3) is 0 Å². The van der Waals surface area contributed by atoms with Crippen LogP contribution in [0.5, 0.6) is 5.75 Å². The summed E-state index contributed by atoms with van der Waals surface area (Å²) < 4.78 is 6.78. The molecule has 4 aliphatic rings. The Hall–Kier alpha value is -2.82. The minimum Gasteiger partial charge on any atom is -0.486 e. The SMILES string of the molecule is CN1C(=O)C2(CC3(CCCc4ccccc4C3)Oc3ccc(C4CC4)cc32)N=C1N. The number of carbonyl (C=O) groups excluding carboxylic acids is 1. The molecule has 2 spiro atoms. The van der Waals surface area contributed by atoms with Gasteiger partial charge in [-0.25, -0.2) is 4.99 Å². The van der Waals surface area contributed by atoms with Crippen molar-refractivity contribution in [2.75, 3.05) is 7.05 Å². The number of nitrogens with two attached hydrogens (primary N) is 1. The molecular formula is C25H27N3O2. The predicted octanol–water partition coefficient (Wildman–Crippen LogP) is 3.65. The van der Waals surface area contributed by atoms with E-state index in [1.807, 2.05) is 0 Å². The molecule has 1 saturated carbocycles. The molecule has 2 aliphatic heterocycles. The van der Waals surface area contributed by atoms with E-state index >= 15 is 0 Å². The number of amides is 1. The second-order valence-corrected chi connectivity index (χ2v) is 9.49. The molecule has 6 rings (SSSR count). The summed E-state index contributed by atoms with van der Waals surface area (Å²) in [5, 5.41) is 0. The summed E-state index contributed by atoms with van der Waals surface area (Å²) in [6.45, 7) is 0. The third-order valence-corrected chi connectivity index (χ3v) is 7.42. The van der Waals surface area contributed by atoms with Crippen molar-refractivity contribution in [1.82, 2.24) is 4.90 Å². The fourth-order valence-electron chi connectivity index (χ4n) is 5.70. The highest BCUT2D eigenvalue weighted by atomic mass is 16.5. The van der Waals surface area contributed by atoms with E-state index in [0.717, 1.165) is 37.0 Å². The number of fused-ring (bicyclic) bond motifs is 3. The molecule has 0 bridgehead atoms. The molecule has 0 saturated heterocycles. The van der Waals surface area contributed by atoms with Gasteiger partial charge in [-0.2, -0.15) is 0 Å². The number of hydrogen-bond donors (Lipinski definition) is 1. The van der Waals surface area contributed by atoms with Crippen molar-refractivity contribution in [3.63, 3.8) is 0 Å².